The fraction of sp³-hybridized carbons (Fsp3) is 0.267. The second kappa shape index (κ2) is 9.19. The summed E-state index contributed by atoms with van der Waals surface area (Å²) in [5, 5.41) is 10.7. The van der Waals surface area contributed by atoms with E-state index in [0.29, 0.717) is 0 Å². The van der Waals surface area contributed by atoms with Crippen molar-refractivity contribution in [1.29, 1.82) is 0 Å². The SMILES string of the molecule is COC(=O)NC(COC(=O)c1ccccc1)/C(F)=C/CC(=O)O. The van der Waals surface area contributed by atoms with E-state index in [2.05, 4.69) is 10.1 Å². The number of halogens is 1. The van der Waals surface area contributed by atoms with Gasteiger partial charge in [0.15, 0.2) is 0 Å². The van der Waals surface area contributed by atoms with Gasteiger partial charge >= 0.3 is 18.0 Å². The third kappa shape index (κ3) is 6.60. The van der Waals surface area contributed by atoms with Crippen molar-refractivity contribution < 1.29 is 33.4 Å². The van der Waals surface area contributed by atoms with Crippen LogP contribution in [0.4, 0.5) is 9.18 Å². The molecule has 1 aromatic carbocycles. The fourth-order valence-corrected chi connectivity index (χ4v) is 1.54. The number of aliphatic carboxylic acids is 1. The minimum atomic E-state index is -1.34. The van der Waals surface area contributed by atoms with E-state index >= 15 is 0 Å². The molecule has 0 saturated heterocycles. The standard InChI is InChI=1S/C15H16FNO6/c1-22-15(21)17-12(11(16)7-8-13(18)19)9-23-14(20)10-5-3-2-4-6-10/h2-7,12H,8-9H2,1H3,(H,17,21)(H,18,19)/b11-7-. The van der Waals surface area contributed by atoms with Crippen molar-refractivity contribution in [3.63, 3.8) is 0 Å². The molecule has 0 heterocycles. The average Bonchev–Trinajstić information content (AvgIpc) is 2.56. The van der Waals surface area contributed by atoms with Crippen LogP contribution in [0.3, 0.4) is 0 Å². The molecule has 0 saturated carbocycles. The van der Waals surface area contributed by atoms with Gasteiger partial charge in [-0.15, -0.1) is 0 Å². The topological polar surface area (TPSA) is 102 Å². The van der Waals surface area contributed by atoms with Gasteiger partial charge in [-0.25, -0.2) is 14.0 Å². The Bertz CT molecular complexity index is 587. The Labute approximate surface area is 131 Å². The predicted molar refractivity (Wildman–Crippen MR) is 77.5 cm³/mol. The maximum atomic E-state index is 13.9. The van der Waals surface area contributed by atoms with Gasteiger partial charge in [-0.05, 0) is 18.2 Å². The van der Waals surface area contributed by atoms with Crippen LogP contribution in [0.2, 0.25) is 0 Å². The summed E-state index contributed by atoms with van der Waals surface area (Å²) in [6.45, 7) is -0.509. The maximum Gasteiger partial charge on any atom is 0.407 e. The minimum Gasteiger partial charge on any atom is -0.481 e. The highest BCUT2D eigenvalue weighted by molar-refractivity contribution is 5.89. The summed E-state index contributed by atoms with van der Waals surface area (Å²) < 4.78 is 23.2. The van der Waals surface area contributed by atoms with Crippen LogP contribution in [0.15, 0.2) is 42.2 Å². The molecule has 0 fully saturated rings. The number of amides is 1. The summed E-state index contributed by atoms with van der Waals surface area (Å²) in [4.78, 5) is 33.4. The Morgan fingerprint density at radius 3 is 2.52 bits per heavy atom. The van der Waals surface area contributed by atoms with E-state index in [1.807, 2.05) is 0 Å². The number of nitrogens with one attached hydrogen (secondary N) is 1. The minimum absolute atomic E-state index is 0.263. The summed E-state index contributed by atoms with van der Waals surface area (Å²) in [7, 11) is 1.08. The molecule has 0 aliphatic heterocycles. The average molecular weight is 325 g/mol. The van der Waals surface area contributed by atoms with Crippen LogP contribution in [0.5, 0.6) is 0 Å². The van der Waals surface area contributed by atoms with Crippen molar-refractivity contribution in [1.82, 2.24) is 5.32 Å². The van der Waals surface area contributed by atoms with Crippen LogP contribution in [0, 0.1) is 0 Å². The lowest BCUT2D eigenvalue weighted by atomic mass is 10.2. The number of ether oxygens (including phenoxy) is 2. The van der Waals surface area contributed by atoms with E-state index in [1.54, 1.807) is 18.2 Å². The van der Waals surface area contributed by atoms with E-state index in [-0.39, 0.29) is 5.56 Å². The third-order valence-corrected chi connectivity index (χ3v) is 2.67. The molecule has 7 nitrogen and oxygen atoms in total. The van der Waals surface area contributed by atoms with E-state index < -0.39 is 42.9 Å². The lowest BCUT2D eigenvalue weighted by Crippen LogP contribution is -2.39. The molecule has 1 amide bonds. The van der Waals surface area contributed by atoms with Crippen molar-refractivity contribution in [2.24, 2.45) is 0 Å². The van der Waals surface area contributed by atoms with Crippen LogP contribution < -0.4 is 5.32 Å². The second-order valence-electron chi connectivity index (χ2n) is 4.34. The van der Waals surface area contributed by atoms with Gasteiger partial charge in [0.25, 0.3) is 0 Å². The number of carbonyl (C=O) groups excluding carboxylic acids is 2. The van der Waals surface area contributed by atoms with Gasteiger partial charge in [0, 0.05) is 0 Å². The molecule has 1 atom stereocenters. The number of methoxy groups -OCH3 is 1. The van der Waals surface area contributed by atoms with E-state index in [4.69, 9.17) is 9.84 Å². The van der Waals surface area contributed by atoms with Crippen molar-refractivity contribution in [3.8, 4) is 0 Å². The summed E-state index contributed by atoms with van der Waals surface area (Å²) in [5.41, 5.74) is 0.263. The molecule has 8 heteroatoms. The van der Waals surface area contributed by atoms with Crippen LogP contribution in [0.1, 0.15) is 16.8 Å². The molecule has 0 spiro atoms. The number of carbonyl (C=O) groups is 3. The fourth-order valence-electron chi connectivity index (χ4n) is 1.54. The lowest BCUT2D eigenvalue weighted by Gasteiger charge is -2.16. The van der Waals surface area contributed by atoms with Crippen LogP contribution in [0.25, 0.3) is 0 Å². The first-order chi connectivity index (χ1) is 10.9. The van der Waals surface area contributed by atoms with Crippen LogP contribution >= 0.6 is 0 Å². The number of benzene rings is 1. The molecule has 0 radical (unpaired) electrons. The Kier molecular flexibility index (Phi) is 7.25. The molecule has 1 aromatic rings. The first-order valence-corrected chi connectivity index (χ1v) is 6.58. The monoisotopic (exact) mass is 325 g/mol. The molecule has 0 aliphatic carbocycles. The van der Waals surface area contributed by atoms with Gasteiger partial charge in [-0.1, -0.05) is 18.2 Å². The Hall–Kier alpha value is -2.90. The molecule has 124 valence electrons. The number of hydrogen-bond donors (Lipinski definition) is 2. The van der Waals surface area contributed by atoms with Gasteiger partial charge in [0.1, 0.15) is 18.5 Å². The number of carboxylic acid groups (broad SMARTS) is 1. The quantitative estimate of drug-likeness (QED) is 0.742. The number of alkyl carbamates (subject to hydrolysis) is 1. The molecular formula is C15H16FNO6. The number of esters is 1. The van der Waals surface area contributed by atoms with Crippen molar-refractivity contribution in [3.05, 3.63) is 47.8 Å². The van der Waals surface area contributed by atoms with Crippen molar-refractivity contribution in [2.75, 3.05) is 13.7 Å². The molecule has 0 bridgehead atoms. The highest BCUT2D eigenvalue weighted by Crippen LogP contribution is 2.09. The van der Waals surface area contributed by atoms with Gasteiger partial charge in [0.05, 0.1) is 19.1 Å². The number of rotatable bonds is 7. The predicted octanol–water partition coefficient (Wildman–Crippen LogP) is 1.90. The lowest BCUT2D eigenvalue weighted by molar-refractivity contribution is -0.136. The molecule has 0 aromatic heterocycles. The van der Waals surface area contributed by atoms with Gasteiger partial charge in [-0.3, -0.25) is 4.79 Å². The summed E-state index contributed by atoms with van der Waals surface area (Å²) >= 11 is 0. The largest absolute Gasteiger partial charge is 0.481 e. The van der Waals surface area contributed by atoms with Crippen molar-refractivity contribution >= 4 is 18.0 Å². The number of hydrogen-bond acceptors (Lipinski definition) is 5. The van der Waals surface area contributed by atoms with Crippen LogP contribution in [-0.2, 0) is 14.3 Å². The first-order valence-electron chi connectivity index (χ1n) is 6.58. The molecule has 0 aliphatic rings. The smallest absolute Gasteiger partial charge is 0.407 e. The molecular weight excluding hydrogens is 309 g/mol. The zero-order valence-corrected chi connectivity index (χ0v) is 12.3. The molecule has 1 rings (SSSR count). The van der Waals surface area contributed by atoms with Gasteiger partial charge < -0.3 is 19.9 Å². The maximum absolute atomic E-state index is 13.9. The normalized spacial score (nSPS) is 12.2. The second-order valence-corrected chi connectivity index (χ2v) is 4.34. The molecule has 23 heavy (non-hydrogen) atoms. The zero-order valence-electron chi connectivity index (χ0n) is 12.3. The third-order valence-electron chi connectivity index (χ3n) is 2.67. The summed E-state index contributed by atoms with van der Waals surface area (Å²) in [6.07, 6.45) is -0.735. The first kappa shape index (κ1) is 18.1. The zero-order chi connectivity index (χ0) is 17.2. The van der Waals surface area contributed by atoms with E-state index in [9.17, 15) is 18.8 Å². The highest BCUT2D eigenvalue weighted by atomic mass is 19.1. The Morgan fingerprint density at radius 2 is 1.96 bits per heavy atom. The Balaban J connectivity index is 2.72. The van der Waals surface area contributed by atoms with Gasteiger partial charge in [0.2, 0.25) is 0 Å². The van der Waals surface area contributed by atoms with Gasteiger partial charge in [-0.2, -0.15) is 0 Å². The van der Waals surface area contributed by atoms with Crippen LogP contribution in [-0.4, -0.2) is 42.9 Å². The molecule has 2 N–H and O–H groups in total. The van der Waals surface area contributed by atoms with E-state index in [1.165, 1.54) is 12.1 Å². The Morgan fingerprint density at radius 1 is 1.30 bits per heavy atom. The highest BCUT2D eigenvalue weighted by Gasteiger charge is 2.20. The number of carboxylic acids is 1. The summed E-state index contributed by atoms with van der Waals surface area (Å²) in [6, 6.07) is 6.67. The van der Waals surface area contributed by atoms with E-state index in [0.717, 1.165) is 13.2 Å². The summed E-state index contributed by atoms with van der Waals surface area (Å²) in [5.74, 6) is -2.88. The molecule has 1 unspecified atom stereocenters. The van der Waals surface area contributed by atoms with Crippen molar-refractivity contribution in [2.45, 2.75) is 12.5 Å².